The number of rotatable bonds is 3. The molecule has 0 saturated carbocycles. The van der Waals surface area contributed by atoms with E-state index in [0.29, 0.717) is 30.5 Å². The molecule has 0 amide bonds. The van der Waals surface area contributed by atoms with Gasteiger partial charge in [-0.3, -0.25) is 0 Å². The Morgan fingerprint density at radius 1 is 0.939 bits per heavy atom. The first-order valence-corrected chi connectivity index (χ1v) is 13.4. The molecule has 0 unspecified atom stereocenters. The third kappa shape index (κ3) is 4.72. The average molecular weight is 678 g/mol. The molecule has 0 aromatic carbocycles. The first kappa shape index (κ1) is 23.6. The van der Waals surface area contributed by atoms with Crippen molar-refractivity contribution in [2.75, 3.05) is 56.4 Å². The van der Waals surface area contributed by atoms with Gasteiger partial charge < -0.3 is 29.1 Å². The quantitative estimate of drug-likeness (QED) is 0.497. The van der Waals surface area contributed by atoms with Crippen LogP contribution in [0.1, 0.15) is 12.8 Å². The van der Waals surface area contributed by atoms with E-state index in [1.54, 1.807) is 7.11 Å². The van der Waals surface area contributed by atoms with Crippen molar-refractivity contribution in [1.29, 1.82) is 0 Å². The van der Waals surface area contributed by atoms with Crippen LogP contribution in [0.4, 0.5) is 11.6 Å². The standard InChI is InChI=1S/C12H15IN2O2.C11H13IN2O2/c1-16-6-8-4-9-7-17-11-10(13)2-3-14-12(11)15(9)5-8;12-9-1-2-13-11-10(9)16-6-8-3-7(5-15)4-14(8)11/h2-3,8-9H,4-7H2,1H3;1-2,7-8,15H,3-6H2/t8-,9-;7-,8-/m00/s1. The fraction of sp³-hybridized carbons (Fsp3) is 0.565. The average Bonchev–Trinajstić information content (AvgIpc) is 3.44. The number of pyridine rings is 2. The van der Waals surface area contributed by atoms with Crippen molar-refractivity contribution in [3.05, 3.63) is 31.7 Å². The van der Waals surface area contributed by atoms with E-state index < -0.39 is 0 Å². The van der Waals surface area contributed by atoms with E-state index in [9.17, 15) is 5.11 Å². The van der Waals surface area contributed by atoms with Crippen LogP contribution in [-0.4, -0.2) is 73.8 Å². The maximum atomic E-state index is 9.23. The predicted molar refractivity (Wildman–Crippen MR) is 142 cm³/mol. The molecule has 0 spiro atoms. The Balaban J connectivity index is 0.000000139. The molecular weight excluding hydrogens is 650 g/mol. The fourth-order valence-corrected chi connectivity index (χ4v) is 6.33. The molecule has 6 heterocycles. The van der Waals surface area contributed by atoms with Crippen molar-refractivity contribution >= 4 is 56.8 Å². The van der Waals surface area contributed by atoms with E-state index in [0.717, 1.165) is 69.4 Å². The molecule has 2 aromatic rings. The summed E-state index contributed by atoms with van der Waals surface area (Å²) in [5, 5.41) is 9.23. The zero-order valence-electron chi connectivity index (χ0n) is 18.5. The smallest absolute Gasteiger partial charge is 0.175 e. The molecule has 6 rings (SSSR count). The number of aliphatic hydroxyl groups is 1. The van der Waals surface area contributed by atoms with Gasteiger partial charge in [-0.05, 0) is 70.2 Å². The molecule has 4 aliphatic heterocycles. The van der Waals surface area contributed by atoms with Crippen molar-refractivity contribution in [2.45, 2.75) is 24.9 Å². The van der Waals surface area contributed by atoms with Gasteiger partial charge in [0, 0.05) is 51.0 Å². The molecule has 1 N–H and O–H groups in total. The highest BCUT2D eigenvalue weighted by atomic mass is 127. The molecule has 4 atom stereocenters. The summed E-state index contributed by atoms with van der Waals surface area (Å²) in [5.74, 6) is 4.75. The van der Waals surface area contributed by atoms with Gasteiger partial charge >= 0.3 is 0 Å². The minimum Gasteiger partial charge on any atom is -0.486 e. The summed E-state index contributed by atoms with van der Waals surface area (Å²) in [4.78, 5) is 13.5. The van der Waals surface area contributed by atoms with Gasteiger partial charge in [0.2, 0.25) is 0 Å². The van der Waals surface area contributed by atoms with Crippen LogP contribution in [-0.2, 0) is 4.74 Å². The van der Waals surface area contributed by atoms with Crippen LogP contribution in [0.3, 0.4) is 0 Å². The molecule has 2 fully saturated rings. The molecule has 8 nitrogen and oxygen atoms in total. The molecule has 0 bridgehead atoms. The van der Waals surface area contributed by atoms with Crippen molar-refractivity contribution in [2.24, 2.45) is 11.8 Å². The Morgan fingerprint density at radius 3 is 1.97 bits per heavy atom. The number of fused-ring (bicyclic) bond motifs is 6. The molecule has 0 aliphatic carbocycles. The second-order valence-electron chi connectivity index (χ2n) is 8.97. The second-order valence-corrected chi connectivity index (χ2v) is 11.3. The Bertz CT molecular complexity index is 997. The zero-order chi connectivity index (χ0) is 22.9. The maximum Gasteiger partial charge on any atom is 0.175 e. The molecule has 178 valence electrons. The van der Waals surface area contributed by atoms with E-state index in [2.05, 4.69) is 64.9 Å². The third-order valence-electron chi connectivity index (χ3n) is 6.72. The predicted octanol–water partition coefficient (Wildman–Crippen LogP) is 3.19. The van der Waals surface area contributed by atoms with Crippen LogP contribution in [0.2, 0.25) is 0 Å². The minimum atomic E-state index is 0.256. The monoisotopic (exact) mass is 678 g/mol. The SMILES string of the molecule is COC[C@H]1C[C@H]2COc3c(I)ccnc3N2C1.OC[C@H]1C[C@H]2COc3c(I)ccnc3N2C1. The maximum absolute atomic E-state index is 9.23. The second kappa shape index (κ2) is 10.2. The molecule has 33 heavy (non-hydrogen) atoms. The summed E-state index contributed by atoms with van der Waals surface area (Å²) in [6.07, 6.45) is 5.82. The van der Waals surface area contributed by atoms with E-state index in [4.69, 9.17) is 14.2 Å². The number of halogens is 2. The van der Waals surface area contributed by atoms with Crippen LogP contribution in [0, 0.1) is 19.0 Å². The van der Waals surface area contributed by atoms with E-state index in [1.807, 2.05) is 24.5 Å². The van der Waals surface area contributed by atoms with E-state index in [-0.39, 0.29) is 6.61 Å². The van der Waals surface area contributed by atoms with Crippen molar-refractivity contribution < 1.29 is 19.3 Å². The summed E-state index contributed by atoms with van der Waals surface area (Å²) in [6, 6.07) is 4.80. The molecular formula is C23H28I2N4O4. The largest absolute Gasteiger partial charge is 0.486 e. The van der Waals surface area contributed by atoms with Gasteiger partial charge in [-0.2, -0.15) is 0 Å². The van der Waals surface area contributed by atoms with Gasteiger partial charge in [-0.25, -0.2) is 9.97 Å². The van der Waals surface area contributed by atoms with Gasteiger partial charge in [0.05, 0.1) is 25.8 Å². The summed E-state index contributed by atoms with van der Waals surface area (Å²) in [5.41, 5.74) is 0. The fourth-order valence-electron chi connectivity index (χ4n) is 5.22. The van der Waals surface area contributed by atoms with Crippen molar-refractivity contribution in [3.8, 4) is 11.5 Å². The van der Waals surface area contributed by atoms with Crippen LogP contribution >= 0.6 is 45.2 Å². The van der Waals surface area contributed by atoms with Crippen molar-refractivity contribution in [1.82, 2.24) is 9.97 Å². The number of aliphatic hydroxyl groups excluding tert-OH is 1. The van der Waals surface area contributed by atoms with Gasteiger partial charge in [0.15, 0.2) is 23.1 Å². The Hall–Kier alpha value is -1.12. The first-order valence-electron chi connectivity index (χ1n) is 11.3. The molecule has 2 saturated heterocycles. The summed E-state index contributed by atoms with van der Waals surface area (Å²) in [7, 11) is 1.77. The lowest BCUT2D eigenvalue weighted by Gasteiger charge is -2.32. The summed E-state index contributed by atoms with van der Waals surface area (Å²) in [6.45, 7) is 4.49. The number of hydrogen-bond donors (Lipinski definition) is 1. The summed E-state index contributed by atoms with van der Waals surface area (Å²) < 4.78 is 19.1. The number of methoxy groups -OCH3 is 1. The van der Waals surface area contributed by atoms with Gasteiger partial charge in [-0.15, -0.1) is 0 Å². The lowest BCUT2D eigenvalue weighted by molar-refractivity contribution is 0.157. The normalized spacial score (nSPS) is 26.8. The topological polar surface area (TPSA) is 80.2 Å². The molecule has 10 heteroatoms. The van der Waals surface area contributed by atoms with E-state index in [1.165, 1.54) is 0 Å². The first-order chi connectivity index (χ1) is 16.1. The molecule has 2 aromatic heterocycles. The lowest BCUT2D eigenvalue weighted by Crippen LogP contribution is -2.39. The highest BCUT2D eigenvalue weighted by Crippen LogP contribution is 2.41. The Morgan fingerprint density at radius 2 is 1.45 bits per heavy atom. The zero-order valence-corrected chi connectivity index (χ0v) is 22.8. The lowest BCUT2D eigenvalue weighted by atomic mass is 10.1. The third-order valence-corrected chi connectivity index (χ3v) is 8.42. The van der Waals surface area contributed by atoms with Gasteiger partial charge in [0.1, 0.15) is 13.2 Å². The molecule has 0 radical (unpaired) electrons. The Labute approximate surface area is 221 Å². The Kier molecular flexibility index (Phi) is 7.33. The van der Waals surface area contributed by atoms with Crippen LogP contribution in [0.15, 0.2) is 24.5 Å². The van der Waals surface area contributed by atoms with Crippen LogP contribution in [0.25, 0.3) is 0 Å². The van der Waals surface area contributed by atoms with Gasteiger partial charge in [0.25, 0.3) is 0 Å². The van der Waals surface area contributed by atoms with Crippen molar-refractivity contribution in [3.63, 3.8) is 0 Å². The number of hydrogen-bond acceptors (Lipinski definition) is 8. The number of aromatic nitrogens is 2. The minimum absolute atomic E-state index is 0.256. The highest BCUT2D eigenvalue weighted by molar-refractivity contribution is 14.1. The van der Waals surface area contributed by atoms with Crippen LogP contribution in [0.5, 0.6) is 11.5 Å². The van der Waals surface area contributed by atoms with Gasteiger partial charge in [-0.1, -0.05) is 0 Å². The van der Waals surface area contributed by atoms with Crippen LogP contribution < -0.4 is 19.3 Å². The molecule has 4 aliphatic rings. The highest BCUT2D eigenvalue weighted by Gasteiger charge is 2.39. The van der Waals surface area contributed by atoms with E-state index >= 15 is 0 Å². The number of ether oxygens (including phenoxy) is 3. The summed E-state index contributed by atoms with van der Waals surface area (Å²) >= 11 is 4.57. The number of anilines is 2. The number of nitrogens with zero attached hydrogens (tertiary/aromatic N) is 4.